The molecule has 0 aliphatic heterocycles. The van der Waals surface area contributed by atoms with Crippen LogP contribution in [-0.4, -0.2) is 22.7 Å². The molecular formula is C17H16ClN3O2S2. The second-order valence-corrected chi connectivity index (χ2v) is 8.67. The predicted octanol–water partition coefficient (Wildman–Crippen LogP) is 4.21. The van der Waals surface area contributed by atoms with Gasteiger partial charge < -0.3 is 5.32 Å². The third-order valence-corrected chi connectivity index (χ3v) is 6.73. The van der Waals surface area contributed by atoms with Gasteiger partial charge in [-0.15, -0.1) is 22.7 Å². The van der Waals surface area contributed by atoms with Crippen LogP contribution in [0, 0.1) is 24.2 Å². The van der Waals surface area contributed by atoms with E-state index in [0.717, 1.165) is 30.6 Å². The Morgan fingerprint density at radius 3 is 2.68 bits per heavy atom. The number of aryl methyl sites for hydroxylation is 1. The molecule has 0 aromatic carbocycles. The number of thiophene rings is 1. The van der Waals surface area contributed by atoms with Crippen molar-refractivity contribution in [1.29, 1.82) is 5.26 Å². The highest BCUT2D eigenvalue weighted by molar-refractivity contribution is 7.24. The molecule has 130 valence electrons. The second kappa shape index (κ2) is 7.65. The molecule has 0 bridgehead atoms. The third kappa shape index (κ3) is 3.92. The Bertz CT molecular complexity index is 846. The van der Waals surface area contributed by atoms with Gasteiger partial charge in [-0.1, -0.05) is 24.4 Å². The van der Waals surface area contributed by atoms with Crippen molar-refractivity contribution in [2.45, 2.75) is 38.6 Å². The van der Waals surface area contributed by atoms with Crippen LogP contribution in [0.3, 0.4) is 0 Å². The van der Waals surface area contributed by atoms with Crippen LogP contribution in [0.4, 0.5) is 0 Å². The number of amides is 1. The lowest BCUT2D eigenvalue weighted by molar-refractivity contribution is -0.122. The van der Waals surface area contributed by atoms with Crippen molar-refractivity contribution in [3.63, 3.8) is 0 Å². The van der Waals surface area contributed by atoms with E-state index in [0.29, 0.717) is 19.9 Å². The van der Waals surface area contributed by atoms with E-state index >= 15 is 0 Å². The molecule has 1 fully saturated rings. The fraction of sp³-hybridized carbons (Fsp3) is 0.412. The average Bonchev–Trinajstić information content (AvgIpc) is 3.29. The molecule has 1 aliphatic rings. The molecule has 0 radical (unpaired) electrons. The van der Waals surface area contributed by atoms with Gasteiger partial charge in [-0.3, -0.25) is 9.59 Å². The minimum Gasteiger partial charge on any atom is -0.352 e. The highest BCUT2D eigenvalue weighted by Gasteiger charge is 2.32. The molecule has 25 heavy (non-hydrogen) atoms. The summed E-state index contributed by atoms with van der Waals surface area (Å²) in [6.45, 7) is 1.71. The molecule has 2 aromatic rings. The number of nitrogens with zero attached hydrogens (tertiary/aromatic N) is 2. The van der Waals surface area contributed by atoms with Gasteiger partial charge in [0.1, 0.15) is 5.01 Å². The molecule has 2 heterocycles. The van der Waals surface area contributed by atoms with Crippen LogP contribution >= 0.6 is 34.3 Å². The minimum atomic E-state index is -1.33. The lowest BCUT2D eigenvalue weighted by Crippen LogP contribution is -2.39. The summed E-state index contributed by atoms with van der Waals surface area (Å²) in [6.07, 6.45) is 3.94. The number of nitrogens with one attached hydrogen (secondary N) is 1. The summed E-state index contributed by atoms with van der Waals surface area (Å²) < 4.78 is 0.640. The summed E-state index contributed by atoms with van der Waals surface area (Å²) in [7, 11) is 0. The number of thiazole rings is 1. The molecule has 1 aliphatic carbocycles. The summed E-state index contributed by atoms with van der Waals surface area (Å²) in [5.41, 5.74) is 0.531. The van der Waals surface area contributed by atoms with Crippen molar-refractivity contribution in [2.75, 3.05) is 0 Å². The number of hydrogen-bond acceptors (Lipinski definition) is 6. The van der Waals surface area contributed by atoms with Gasteiger partial charge in [0.2, 0.25) is 11.7 Å². The van der Waals surface area contributed by atoms with Crippen LogP contribution in [0.5, 0.6) is 0 Å². The molecule has 8 heteroatoms. The highest BCUT2D eigenvalue weighted by atomic mass is 35.5. The molecule has 5 nitrogen and oxygen atoms in total. The first-order valence-corrected chi connectivity index (χ1v) is 9.98. The molecule has 0 unspecified atom stereocenters. The smallest absolute Gasteiger partial charge is 0.245 e. The predicted molar refractivity (Wildman–Crippen MR) is 99.0 cm³/mol. The summed E-state index contributed by atoms with van der Waals surface area (Å²) in [6, 6.07) is 5.54. The molecule has 0 saturated heterocycles. The summed E-state index contributed by atoms with van der Waals surface area (Å²) in [4.78, 5) is 30.7. The van der Waals surface area contributed by atoms with Gasteiger partial charge in [-0.25, -0.2) is 4.98 Å². The van der Waals surface area contributed by atoms with Crippen LogP contribution in [0.2, 0.25) is 4.34 Å². The van der Waals surface area contributed by atoms with Crippen molar-refractivity contribution in [3.05, 3.63) is 27.0 Å². The molecule has 1 amide bonds. The Kier molecular flexibility index (Phi) is 5.52. The van der Waals surface area contributed by atoms with Crippen molar-refractivity contribution < 1.29 is 9.59 Å². The summed E-state index contributed by atoms with van der Waals surface area (Å²) >= 11 is 8.52. The Morgan fingerprint density at radius 1 is 1.36 bits per heavy atom. The zero-order valence-electron chi connectivity index (χ0n) is 13.5. The van der Waals surface area contributed by atoms with Gasteiger partial charge in [-0.2, -0.15) is 5.26 Å². The van der Waals surface area contributed by atoms with E-state index in [1.165, 1.54) is 22.7 Å². The number of rotatable bonds is 5. The maximum Gasteiger partial charge on any atom is 0.245 e. The van der Waals surface area contributed by atoms with Gasteiger partial charge >= 0.3 is 0 Å². The van der Waals surface area contributed by atoms with Crippen LogP contribution < -0.4 is 5.32 Å². The molecule has 1 atom stereocenters. The number of carbonyl (C=O) groups excluding carboxylic acids is 2. The van der Waals surface area contributed by atoms with Gasteiger partial charge in [-0.05, 0) is 31.9 Å². The summed E-state index contributed by atoms with van der Waals surface area (Å²) in [5, 5.41) is 12.9. The first kappa shape index (κ1) is 18.1. The van der Waals surface area contributed by atoms with Gasteiger partial charge in [0, 0.05) is 6.04 Å². The average molecular weight is 394 g/mol. The summed E-state index contributed by atoms with van der Waals surface area (Å²) in [5.74, 6) is -2.32. The van der Waals surface area contributed by atoms with Crippen molar-refractivity contribution in [2.24, 2.45) is 5.92 Å². The Labute approximate surface area is 158 Å². The van der Waals surface area contributed by atoms with Gasteiger partial charge in [0.15, 0.2) is 5.92 Å². The molecule has 1 saturated carbocycles. The number of halogens is 1. The SMILES string of the molecule is Cc1nc(-c2ccc(Cl)s2)sc1C(=O)[C@H](C#N)C(=O)NC1CCCC1. The molecule has 0 spiro atoms. The van der Waals surface area contributed by atoms with E-state index in [9.17, 15) is 14.9 Å². The topological polar surface area (TPSA) is 82.8 Å². The van der Waals surface area contributed by atoms with Crippen LogP contribution in [0.25, 0.3) is 9.88 Å². The second-order valence-electron chi connectivity index (χ2n) is 5.95. The molecular weight excluding hydrogens is 378 g/mol. The van der Waals surface area contributed by atoms with E-state index in [4.69, 9.17) is 11.6 Å². The fourth-order valence-electron chi connectivity index (χ4n) is 2.88. The largest absolute Gasteiger partial charge is 0.352 e. The first-order chi connectivity index (χ1) is 12.0. The number of nitriles is 1. The molecule has 3 rings (SSSR count). The maximum atomic E-state index is 12.7. The first-order valence-electron chi connectivity index (χ1n) is 7.97. The lowest BCUT2D eigenvalue weighted by Gasteiger charge is -2.14. The monoisotopic (exact) mass is 393 g/mol. The number of hydrogen-bond donors (Lipinski definition) is 1. The fourth-order valence-corrected chi connectivity index (χ4v) is 5.02. The van der Waals surface area contributed by atoms with Gasteiger partial charge in [0.25, 0.3) is 0 Å². The van der Waals surface area contributed by atoms with E-state index in [1.807, 2.05) is 12.1 Å². The number of Topliss-reactive ketones (excluding diaryl/α,β-unsaturated/α-hetero) is 1. The van der Waals surface area contributed by atoms with Crippen molar-refractivity contribution in [1.82, 2.24) is 10.3 Å². The van der Waals surface area contributed by atoms with Crippen LogP contribution in [-0.2, 0) is 4.79 Å². The van der Waals surface area contributed by atoms with Crippen LogP contribution in [0.1, 0.15) is 41.0 Å². The lowest BCUT2D eigenvalue weighted by atomic mass is 10.0. The number of carbonyl (C=O) groups is 2. The minimum absolute atomic E-state index is 0.0718. The van der Waals surface area contributed by atoms with Crippen LogP contribution in [0.15, 0.2) is 12.1 Å². The normalized spacial score (nSPS) is 15.7. The number of ketones is 1. The Balaban J connectivity index is 1.79. The molecule has 1 N–H and O–H groups in total. The van der Waals surface area contributed by atoms with E-state index in [1.54, 1.807) is 13.0 Å². The van der Waals surface area contributed by atoms with E-state index in [-0.39, 0.29) is 6.04 Å². The van der Waals surface area contributed by atoms with Crippen molar-refractivity contribution >= 4 is 46.0 Å². The standard InChI is InChI=1S/C17H16ClN3O2S2/c1-9-15(25-17(20-9)12-6-7-13(18)24-12)14(22)11(8-19)16(23)21-10-4-2-3-5-10/h6-7,10-11H,2-5H2,1H3,(H,21,23)/t11-/m0/s1. The van der Waals surface area contributed by atoms with Gasteiger partial charge in [0.05, 0.1) is 25.9 Å². The van der Waals surface area contributed by atoms with E-state index in [2.05, 4.69) is 10.3 Å². The quantitative estimate of drug-likeness (QED) is 0.609. The molecule has 2 aromatic heterocycles. The zero-order valence-corrected chi connectivity index (χ0v) is 15.9. The zero-order chi connectivity index (χ0) is 18.0. The Hall–Kier alpha value is -1.75. The third-order valence-electron chi connectivity index (χ3n) is 4.16. The highest BCUT2D eigenvalue weighted by Crippen LogP contribution is 2.35. The van der Waals surface area contributed by atoms with E-state index < -0.39 is 17.6 Å². The maximum absolute atomic E-state index is 12.7. The van der Waals surface area contributed by atoms with Crippen molar-refractivity contribution in [3.8, 4) is 16.0 Å². The number of aromatic nitrogens is 1. The Morgan fingerprint density at radius 2 is 2.08 bits per heavy atom.